The number of nitrogens with zero attached hydrogens (tertiary/aromatic N) is 1. The van der Waals surface area contributed by atoms with Crippen molar-refractivity contribution in [2.45, 2.75) is 26.0 Å². The minimum absolute atomic E-state index is 0.0533. The number of rotatable bonds is 4. The average Bonchev–Trinajstić information content (AvgIpc) is 2.60. The number of hydrogen-bond donors (Lipinski definition) is 1. The van der Waals surface area contributed by atoms with E-state index in [1.807, 2.05) is 38.1 Å². The number of amides is 1. The Labute approximate surface area is 153 Å². The maximum atomic E-state index is 12.7. The van der Waals surface area contributed by atoms with Crippen LogP contribution in [0.4, 0.5) is 5.69 Å². The first kappa shape index (κ1) is 18.3. The van der Waals surface area contributed by atoms with Gasteiger partial charge in [0, 0.05) is 0 Å². The van der Waals surface area contributed by atoms with E-state index in [9.17, 15) is 13.2 Å². The van der Waals surface area contributed by atoms with Crippen LogP contribution < -0.4 is 14.4 Å². The monoisotopic (exact) mass is 374 g/mol. The lowest BCUT2D eigenvalue weighted by Crippen LogP contribution is -2.50. The van der Waals surface area contributed by atoms with Crippen molar-refractivity contribution in [3.8, 4) is 5.75 Å². The molecule has 0 fully saturated rings. The SMILES string of the molecule is Cc1ccc([C@H](C)NC(=O)[C@@H]2CN(S(C)(=O)=O)c3ccccc3O2)cc1. The second-order valence-electron chi connectivity index (χ2n) is 6.51. The van der Waals surface area contributed by atoms with Gasteiger partial charge in [0.05, 0.1) is 24.5 Å². The third-order valence-electron chi connectivity index (χ3n) is 4.36. The zero-order valence-corrected chi connectivity index (χ0v) is 15.8. The van der Waals surface area contributed by atoms with Crippen LogP contribution in [0.25, 0.3) is 0 Å². The van der Waals surface area contributed by atoms with Gasteiger partial charge in [0.15, 0.2) is 6.10 Å². The summed E-state index contributed by atoms with van der Waals surface area (Å²) in [5, 5.41) is 2.90. The first-order valence-electron chi connectivity index (χ1n) is 8.36. The molecule has 138 valence electrons. The minimum atomic E-state index is -3.52. The maximum Gasteiger partial charge on any atom is 0.263 e. The number of sulfonamides is 1. The van der Waals surface area contributed by atoms with Crippen molar-refractivity contribution in [3.63, 3.8) is 0 Å². The van der Waals surface area contributed by atoms with Gasteiger partial charge in [-0.25, -0.2) is 8.42 Å². The van der Waals surface area contributed by atoms with Gasteiger partial charge in [-0.15, -0.1) is 0 Å². The lowest BCUT2D eigenvalue weighted by Gasteiger charge is -2.34. The molecule has 2 aromatic carbocycles. The highest BCUT2D eigenvalue weighted by molar-refractivity contribution is 7.92. The van der Waals surface area contributed by atoms with Gasteiger partial charge in [-0.1, -0.05) is 42.0 Å². The highest BCUT2D eigenvalue weighted by atomic mass is 32.2. The summed E-state index contributed by atoms with van der Waals surface area (Å²) >= 11 is 0. The molecule has 0 bridgehead atoms. The summed E-state index contributed by atoms with van der Waals surface area (Å²) in [7, 11) is -3.52. The van der Waals surface area contributed by atoms with Crippen molar-refractivity contribution in [1.82, 2.24) is 5.32 Å². The predicted octanol–water partition coefficient (Wildman–Crippen LogP) is 2.40. The van der Waals surface area contributed by atoms with E-state index in [-0.39, 0.29) is 18.5 Å². The van der Waals surface area contributed by atoms with Crippen LogP contribution in [0.2, 0.25) is 0 Å². The smallest absolute Gasteiger partial charge is 0.263 e. The highest BCUT2D eigenvalue weighted by Crippen LogP contribution is 2.34. The molecular weight excluding hydrogens is 352 g/mol. The van der Waals surface area contributed by atoms with Gasteiger partial charge in [0.25, 0.3) is 5.91 Å². The number of hydrogen-bond acceptors (Lipinski definition) is 4. The Morgan fingerprint density at radius 2 is 1.85 bits per heavy atom. The van der Waals surface area contributed by atoms with E-state index in [0.29, 0.717) is 11.4 Å². The number of fused-ring (bicyclic) bond motifs is 1. The van der Waals surface area contributed by atoms with Crippen molar-refractivity contribution in [3.05, 3.63) is 59.7 Å². The van der Waals surface area contributed by atoms with Crippen molar-refractivity contribution in [2.75, 3.05) is 17.1 Å². The number of ether oxygens (including phenoxy) is 1. The van der Waals surface area contributed by atoms with Crippen LogP contribution in [0.15, 0.2) is 48.5 Å². The van der Waals surface area contributed by atoms with E-state index in [1.54, 1.807) is 24.3 Å². The van der Waals surface area contributed by atoms with Crippen LogP contribution in [0, 0.1) is 6.92 Å². The number of para-hydroxylation sites is 2. The van der Waals surface area contributed by atoms with Gasteiger partial charge < -0.3 is 10.1 Å². The molecule has 0 unspecified atom stereocenters. The van der Waals surface area contributed by atoms with Gasteiger partial charge in [0.1, 0.15) is 5.75 Å². The Morgan fingerprint density at radius 1 is 1.19 bits per heavy atom. The molecule has 0 saturated heterocycles. The topological polar surface area (TPSA) is 75.7 Å². The van der Waals surface area contributed by atoms with Gasteiger partial charge >= 0.3 is 0 Å². The molecule has 2 aromatic rings. The largest absolute Gasteiger partial charge is 0.476 e. The Morgan fingerprint density at radius 3 is 2.50 bits per heavy atom. The molecule has 7 heteroatoms. The molecule has 1 N–H and O–H groups in total. The van der Waals surface area contributed by atoms with Gasteiger partial charge in [-0.2, -0.15) is 0 Å². The summed E-state index contributed by atoms with van der Waals surface area (Å²) in [6, 6.07) is 14.5. The Hall–Kier alpha value is -2.54. The molecule has 0 radical (unpaired) electrons. The zero-order chi connectivity index (χ0) is 18.9. The second kappa shape index (κ2) is 6.99. The number of benzene rings is 2. The number of carbonyl (C=O) groups is 1. The fourth-order valence-electron chi connectivity index (χ4n) is 2.90. The quantitative estimate of drug-likeness (QED) is 0.892. The van der Waals surface area contributed by atoms with Crippen LogP contribution in [0.3, 0.4) is 0 Å². The number of carbonyl (C=O) groups excluding carboxylic acids is 1. The number of nitrogens with one attached hydrogen (secondary N) is 1. The van der Waals surface area contributed by atoms with Crippen LogP contribution in [-0.4, -0.2) is 33.2 Å². The summed E-state index contributed by atoms with van der Waals surface area (Å²) in [5.41, 5.74) is 2.56. The molecule has 0 saturated carbocycles. The van der Waals surface area contributed by atoms with Crippen molar-refractivity contribution < 1.29 is 17.9 Å². The van der Waals surface area contributed by atoms with Crippen molar-refractivity contribution >= 4 is 21.6 Å². The van der Waals surface area contributed by atoms with Crippen LogP contribution in [-0.2, 0) is 14.8 Å². The summed E-state index contributed by atoms with van der Waals surface area (Å²) in [6.45, 7) is 3.83. The fraction of sp³-hybridized carbons (Fsp3) is 0.316. The Kier molecular flexibility index (Phi) is 4.91. The van der Waals surface area contributed by atoms with Crippen molar-refractivity contribution in [1.29, 1.82) is 0 Å². The van der Waals surface area contributed by atoms with Crippen LogP contribution in [0.1, 0.15) is 24.1 Å². The number of anilines is 1. The summed E-state index contributed by atoms with van der Waals surface area (Å²) in [6.07, 6.45) is 0.214. The van der Waals surface area contributed by atoms with E-state index < -0.39 is 16.1 Å². The normalized spacial score (nSPS) is 17.8. The molecule has 1 aliphatic heterocycles. The molecule has 26 heavy (non-hydrogen) atoms. The molecule has 0 spiro atoms. The fourth-order valence-corrected chi connectivity index (χ4v) is 3.81. The summed E-state index contributed by atoms with van der Waals surface area (Å²) in [5.74, 6) is 0.0357. The van der Waals surface area contributed by atoms with E-state index >= 15 is 0 Å². The first-order chi connectivity index (χ1) is 12.3. The van der Waals surface area contributed by atoms with E-state index in [1.165, 1.54) is 4.31 Å². The molecule has 3 rings (SSSR count). The molecular formula is C19H22N2O4S. The molecule has 1 amide bonds. The maximum absolute atomic E-state index is 12.7. The molecule has 0 aliphatic carbocycles. The van der Waals surface area contributed by atoms with Gasteiger partial charge in [-0.05, 0) is 31.5 Å². The third kappa shape index (κ3) is 3.83. The first-order valence-corrected chi connectivity index (χ1v) is 10.2. The zero-order valence-electron chi connectivity index (χ0n) is 15.0. The summed E-state index contributed by atoms with van der Waals surface area (Å²) < 4.78 is 31.2. The average molecular weight is 374 g/mol. The Bertz CT molecular complexity index is 909. The minimum Gasteiger partial charge on any atom is -0.476 e. The van der Waals surface area contributed by atoms with Crippen molar-refractivity contribution in [2.24, 2.45) is 0 Å². The molecule has 1 aliphatic rings. The number of aryl methyl sites for hydroxylation is 1. The predicted molar refractivity (Wildman–Crippen MR) is 101 cm³/mol. The third-order valence-corrected chi connectivity index (χ3v) is 5.51. The van der Waals surface area contributed by atoms with Gasteiger partial charge in [-0.3, -0.25) is 9.10 Å². The molecule has 0 aromatic heterocycles. The molecule has 6 nitrogen and oxygen atoms in total. The van der Waals surface area contributed by atoms with E-state index in [2.05, 4.69) is 5.32 Å². The highest BCUT2D eigenvalue weighted by Gasteiger charge is 2.35. The van der Waals surface area contributed by atoms with E-state index in [0.717, 1.165) is 17.4 Å². The van der Waals surface area contributed by atoms with Crippen LogP contribution >= 0.6 is 0 Å². The standard InChI is InChI=1S/C19H22N2O4S/c1-13-8-10-15(11-9-13)14(2)20-19(22)18-12-21(26(3,23)24)16-6-4-5-7-17(16)25-18/h4-11,14,18H,12H2,1-3H3,(H,20,22)/t14-,18-/m0/s1. The van der Waals surface area contributed by atoms with Gasteiger partial charge in [0.2, 0.25) is 10.0 Å². The lowest BCUT2D eigenvalue weighted by atomic mass is 10.1. The summed E-state index contributed by atoms with van der Waals surface area (Å²) in [4.78, 5) is 12.7. The second-order valence-corrected chi connectivity index (χ2v) is 8.42. The van der Waals surface area contributed by atoms with Crippen LogP contribution in [0.5, 0.6) is 5.75 Å². The molecule has 2 atom stereocenters. The lowest BCUT2D eigenvalue weighted by molar-refractivity contribution is -0.128. The Balaban J connectivity index is 1.79. The molecule has 1 heterocycles. The van der Waals surface area contributed by atoms with E-state index in [4.69, 9.17) is 4.74 Å².